The van der Waals surface area contributed by atoms with Crippen LogP contribution in [0.1, 0.15) is 10.4 Å². The van der Waals surface area contributed by atoms with Crippen molar-refractivity contribution in [3.63, 3.8) is 0 Å². The summed E-state index contributed by atoms with van der Waals surface area (Å²) in [5.41, 5.74) is 11.3. The number of carbonyl (C=O) groups is 1. The van der Waals surface area contributed by atoms with Gasteiger partial charge in [0.25, 0.3) is 0 Å². The van der Waals surface area contributed by atoms with Crippen LogP contribution >= 0.6 is 0 Å². The first kappa shape index (κ1) is 14.3. The average molecular weight is 312 g/mol. The van der Waals surface area contributed by atoms with Crippen LogP contribution in [-0.4, -0.2) is 10.9 Å². The highest BCUT2D eigenvalue weighted by Gasteiger charge is 2.10. The Labute approximate surface area is 139 Å². The average Bonchev–Trinajstić information content (AvgIpc) is 3.06. The van der Waals surface area contributed by atoms with Crippen molar-refractivity contribution in [3.8, 4) is 22.4 Å². The van der Waals surface area contributed by atoms with Crippen molar-refractivity contribution < 1.29 is 4.79 Å². The van der Waals surface area contributed by atoms with Gasteiger partial charge in [0.2, 0.25) is 5.91 Å². The van der Waals surface area contributed by atoms with E-state index in [4.69, 9.17) is 5.73 Å². The van der Waals surface area contributed by atoms with Crippen LogP contribution in [0.3, 0.4) is 0 Å². The highest BCUT2D eigenvalue weighted by molar-refractivity contribution is 6.06. The van der Waals surface area contributed by atoms with E-state index in [9.17, 15) is 4.79 Å². The zero-order chi connectivity index (χ0) is 16.5. The Bertz CT molecular complexity index is 1010. The van der Waals surface area contributed by atoms with E-state index in [1.165, 1.54) is 11.1 Å². The number of aromatic amines is 1. The number of aromatic nitrogens is 1. The lowest BCUT2D eigenvalue weighted by molar-refractivity contribution is 0.100. The van der Waals surface area contributed by atoms with Crippen LogP contribution in [0.5, 0.6) is 0 Å². The van der Waals surface area contributed by atoms with E-state index < -0.39 is 5.91 Å². The molecule has 0 radical (unpaired) electrons. The maximum absolute atomic E-state index is 11.6. The molecular formula is C21H16N2O. The van der Waals surface area contributed by atoms with Crippen LogP contribution in [0.4, 0.5) is 0 Å². The molecule has 4 aromatic rings. The van der Waals surface area contributed by atoms with Crippen molar-refractivity contribution in [1.29, 1.82) is 0 Å². The molecule has 0 unspecified atom stereocenters. The smallest absolute Gasteiger partial charge is 0.249 e. The number of amides is 1. The number of hydrogen-bond acceptors (Lipinski definition) is 1. The van der Waals surface area contributed by atoms with Gasteiger partial charge in [0.1, 0.15) is 0 Å². The van der Waals surface area contributed by atoms with E-state index >= 15 is 0 Å². The van der Waals surface area contributed by atoms with Gasteiger partial charge in [-0.3, -0.25) is 4.79 Å². The van der Waals surface area contributed by atoms with Gasteiger partial charge in [0.15, 0.2) is 0 Å². The minimum atomic E-state index is -0.412. The summed E-state index contributed by atoms with van der Waals surface area (Å²) < 4.78 is 0. The lowest BCUT2D eigenvalue weighted by Gasteiger charge is -2.03. The predicted molar refractivity (Wildman–Crippen MR) is 97.7 cm³/mol. The number of hydrogen-bond donors (Lipinski definition) is 2. The van der Waals surface area contributed by atoms with E-state index in [0.717, 1.165) is 22.2 Å². The Kier molecular flexibility index (Phi) is 3.39. The van der Waals surface area contributed by atoms with Crippen LogP contribution < -0.4 is 5.73 Å². The van der Waals surface area contributed by atoms with Crippen molar-refractivity contribution in [3.05, 3.63) is 84.4 Å². The van der Waals surface area contributed by atoms with Crippen molar-refractivity contribution in [1.82, 2.24) is 4.98 Å². The maximum atomic E-state index is 11.6. The number of fused-ring (bicyclic) bond motifs is 1. The van der Waals surface area contributed by atoms with Gasteiger partial charge in [0.05, 0.1) is 0 Å². The maximum Gasteiger partial charge on any atom is 0.249 e. The summed E-state index contributed by atoms with van der Waals surface area (Å²) in [6, 6.07) is 26.1. The first-order valence-electron chi connectivity index (χ1n) is 7.80. The fraction of sp³-hybridized carbons (Fsp3) is 0. The molecule has 0 saturated carbocycles. The number of carbonyl (C=O) groups excluding carboxylic acids is 1. The molecule has 3 N–H and O–H groups in total. The first-order chi connectivity index (χ1) is 11.7. The van der Waals surface area contributed by atoms with Gasteiger partial charge in [-0.25, -0.2) is 0 Å². The van der Waals surface area contributed by atoms with E-state index in [0.29, 0.717) is 5.56 Å². The van der Waals surface area contributed by atoms with E-state index in [2.05, 4.69) is 41.4 Å². The number of rotatable bonds is 3. The summed E-state index contributed by atoms with van der Waals surface area (Å²) in [7, 11) is 0. The van der Waals surface area contributed by atoms with Crippen molar-refractivity contribution in [2.24, 2.45) is 5.73 Å². The summed E-state index contributed by atoms with van der Waals surface area (Å²) in [6.45, 7) is 0. The van der Waals surface area contributed by atoms with Crippen LogP contribution in [-0.2, 0) is 0 Å². The Morgan fingerprint density at radius 2 is 1.42 bits per heavy atom. The predicted octanol–water partition coefficient (Wildman–Crippen LogP) is 4.60. The van der Waals surface area contributed by atoms with Crippen LogP contribution in [0.2, 0.25) is 0 Å². The van der Waals surface area contributed by atoms with Gasteiger partial charge < -0.3 is 10.7 Å². The molecular weight excluding hydrogens is 296 g/mol. The molecule has 0 aliphatic carbocycles. The SMILES string of the molecule is NC(=O)c1cccc2[nH]c(-c3ccc(-c4ccccc4)cc3)cc12. The van der Waals surface area contributed by atoms with Crippen molar-refractivity contribution in [2.75, 3.05) is 0 Å². The lowest BCUT2D eigenvalue weighted by Crippen LogP contribution is -2.10. The molecule has 3 nitrogen and oxygen atoms in total. The van der Waals surface area contributed by atoms with Crippen molar-refractivity contribution in [2.45, 2.75) is 0 Å². The third-order valence-electron chi connectivity index (χ3n) is 4.23. The lowest BCUT2D eigenvalue weighted by atomic mass is 10.0. The Morgan fingerprint density at radius 1 is 0.750 bits per heavy atom. The number of H-pyrrole nitrogens is 1. The second-order valence-electron chi connectivity index (χ2n) is 5.76. The number of nitrogens with one attached hydrogen (secondary N) is 1. The highest BCUT2D eigenvalue weighted by Crippen LogP contribution is 2.28. The van der Waals surface area contributed by atoms with Crippen LogP contribution in [0, 0.1) is 0 Å². The molecule has 3 aromatic carbocycles. The van der Waals surface area contributed by atoms with E-state index in [-0.39, 0.29) is 0 Å². The molecule has 1 aromatic heterocycles. The third-order valence-corrected chi connectivity index (χ3v) is 4.23. The molecule has 0 bridgehead atoms. The summed E-state index contributed by atoms with van der Waals surface area (Å²) in [6.07, 6.45) is 0. The molecule has 0 aliphatic rings. The molecule has 0 fully saturated rings. The first-order valence-corrected chi connectivity index (χ1v) is 7.80. The standard InChI is InChI=1S/C21H16N2O/c22-21(24)17-7-4-8-19-18(17)13-20(23-19)16-11-9-15(10-12-16)14-5-2-1-3-6-14/h1-13,23H,(H2,22,24). The summed E-state index contributed by atoms with van der Waals surface area (Å²) in [4.78, 5) is 14.9. The molecule has 1 heterocycles. The van der Waals surface area contributed by atoms with Crippen LogP contribution in [0.25, 0.3) is 33.3 Å². The van der Waals surface area contributed by atoms with Crippen LogP contribution in [0.15, 0.2) is 78.9 Å². The summed E-state index contributed by atoms with van der Waals surface area (Å²) in [5, 5.41) is 0.854. The minimum Gasteiger partial charge on any atom is -0.366 e. The molecule has 24 heavy (non-hydrogen) atoms. The zero-order valence-electron chi connectivity index (χ0n) is 13.0. The molecule has 3 heteroatoms. The fourth-order valence-corrected chi connectivity index (χ4v) is 3.00. The normalized spacial score (nSPS) is 10.8. The molecule has 0 aliphatic heterocycles. The molecule has 4 rings (SSSR count). The number of benzene rings is 3. The molecule has 0 spiro atoms. The molecule has 116 valence electrons. The van der Waals surface area contributed by atoms with Gasteiger partial charge >= 0.3 is 0 Å². The third kappa shape index (κ3) is 2.46. The van der Waals surface area contributed by atoms with Crippen molar-refractivity contribution >= 4 is 16.8 Å². The molecule has 1 amide bonds. The van der Waals surface area contributed by atoms with Gasteiger partial charge in [-0.1, -0.05) is 60.7 Å². The summed E-state index contributed by atoms with van der Waals surface area (Å²) in [5.74, 6) is -0.412. The number of primary amides is 1. The van der Waals surface area contributed by atoms with Gasteiger partial charge in [-0.2, -0.15) is 0 Å². The highest BCUT2D eigenvalue weighted by atomic mass is 16.1. The zero-order valence-corrected chi connectivity index (χ0v) is 13.0. The van der Waals surface area contributed by atoms with E-state index in [1.807, 2.05) is 36.4 Å². The monoisotopic (exact) mass is 312 g/mol. The Hall–Kier alpha value is -3.33. The van der Waals surface area contributed by atoms with Gasteiger partial charge in [0, 0.05) is 22.2 Å². The second-order valence-corrected chi connectivity index (χ2v) is 5.76. The minimum absolute atomic E-state index is 0.412. The number of nitrogens with two attached hydrogens (primary N) is 1. The Morgan fingerprint density at radius 3 is 2.12 bits per heavy atom. The quantitative estimate of drug-likeness (QED) is 0.570. The van der Waals surface area contributed by atoms with E-state index in [1.54, 1.807) is 6.07 Å². The van der Waals surface area contributed by atoms with Gasteiger partial charge in [-0.15, -0.1) is 0 Å². The topological polar surface area (TPSA) is 58.9 Å². The fourth-order valence-electron chi connectivity index (χ4n) is 3.00. The van der Waals surface area contributed by atoms with Gasteiger partial charge in [-0.05, 0) is 34.9 Å². The molecule has 0 atom stereocenters. The second kappa shape index (κ2) is 5.70. The largest absolute Gasteiger partial charge is 0.366 e. The summed E-state index contributed by atoms with van der Waals surface area (Å²) >= 11 is 0. The molecule has 0 saturated heterocycles. The Balaban J connectivity index is 1.75.